The molecule has 0 saturated heterocycles. The lowest BCUT2D eigenvalue weighted by atomic mass is 10.1. The van der Waals surface area contributed by atoms with Crippen LogP contribution < -0.4 is 0 Å². The Morgan fingerprint density at radius 2 is 1.76 bits per heavy atom. The second-order valence-corrected chi connectivity index (χ2v) is 8.00. The Hall–Kier alpha value is -1.01. The smallest absolute Gasteiger partial charge is 0.148 e. The van der Waals surface area contributed by atoms with Crippen molar-refractivity contribution in [3.8, 4) is 0 Å². The Labute approximate surface area is 124 Å². The fourth-order valence-electron chi connectivity index (χ4n) is 2.83. The van der Waals surface area contributed by atoms with Crippen LogP contribution in [0.1, 0.15) is 31.2 Å². The van der Waals surface area contributed by atoms with Gasteiger partial charge in [-0.2, -0.15) is 0 Å². The number of sulfone groups is 1. The zero-order chi connectivity index (χ0) is 15.5. The largest absolute Gasteiger partial charge is 0.295 e. The molecule has 3 nitrogen and oxygen atoms in total. The second kappa shape index (κ2) is 6.83. The van der Waals surface area contributed by atoms with Gasteiger partial charge in [0.2, 0.25) is 0 Å². The van der Waals surface area contributed by atoms with Gasteiger partial charge in [0.1, 0.15) is 21.5 Å². The van der Waals surface area contributed by atoms with Gasteiger partial charge in [-0.05, 0) is 25.0 Å². The highest BCUT2D eigenvalue weighted by Crippen LogP contribution is 2.26. The van der Waals surface area contributed by atoms with Gasteiger partial charge < -0.3 is 0 Å². The predicted octanol–water partition coefficient (Wildman–Crippen LogP) is 2.75. The molecule has 0 aromatic heterocycles. The molecule has 1 fully saturated rings. The molecule has 0 N–H and O–H groups in total. The van der Waals surface area contributed by atoms with Gasteiger partial charge in [0.05, 0.1) is 5.75 Å². The topological polar surface area (TPSA) is 37.4 Å². The van der Waals surface area contributed by atoms with Crippen LogP contribution in [0.5, 0.6) is 0 Å². The van der Waals surface area contributed by atoms with Gasteiger partial charge >= 0.3 is 0 Å². The van der Waals surface area contributed by atoms with E-state index in [1.54, 1.807) is 0 Å². The summed E-state index contributed by atoms with van der Waals surface area (Å²) in [6.45, 7) is 0.440. The summed E-state index contributed by atoms with van der Waals surface area (Å²) in [5.41, 5.74) is 0.0258. The van der Waals surface area contributed by atoms with Gasteiger partial charge in [-0.25, -0.2) is 17.2 Å². The molecule has 1 aliphatic carbocycles. The van der Waals surface area contributed by atoms with E-state index in [1.807, 2.05) is 4.90 Å². The van der Waals surface area contributed by atoms with Crippen LogP contribution in [0.2, 0.25) is 0 Å². The Balaban J connectivity index is 2.15. The third-order valence-corrected chi connectivity index (χ3v) is 4.94. The first-order valence-corrected chi connectivity index (χ1v) is 9.27. The molecule has 0 spiro atoms. The Morgan fingerprint density at radius 3 is 2.29 bits per heavy atom. The molecule has 21 heavy (non-hydrogen) atoms. The van der Waals surface area contributed by atoms with Gasteiger partial charge in [-0.15, -0.1) is 0 Å². The van der Waals surface area contributed by atoms with Crippen molar-refractivity contribution in [2.24, 2.45) is 0 Å². The first kappa shape index (κ1) is 16.4. The number of nitrogens with zero attached hydrogens (tertiary/aromatic N) is 1. The minimum atomic E-state index is -3.09. The summed E-state index contributed by atoms with van der Waals surface area (Å²) < 4.78 is 50.3. The molecule has 0 atom stereocenters. The highest BCUT2D eigenvalue weighted by atomic mass is 32.2. The Kier molecular flexibility index (Phi) is 5.32. The molecule has 1 aromatic carbocycles. The summed E-state index contributed by atoms with van der Waals surface area (Å²) in [5.74, 6) is -1.13. The summed E-state index contributed by atoms with van der Waals surface area (Å²) in [4.78, 5) is 1.91. The number of benzene rings is 1. The molecule has 1 aromatic rings. The number of rotatable bonds is 6. The van der Waals surface area contributed by atoms with E-state index in [2.05, 4.69) is 0 Å². The summed E-state index contributed by atoms with van der Waals surface area (Å²) in [7, 11) is -3.09. The minimum absolute atomic E-state index is 0.0135. The molecule has 0 unspecified atom stereocenters. The molecule has 0 aliphatic heterocycles. The highest BCUT2D eigenvalue weighted by Gasteiger charge is 2.25. The molecule has 0 bridgehead atoms. The van der Waals surface area contributed by atoms with E-state index in [9.17, 15) is 17.2 Å². The molecule has 2 rings (SSSR count). The molecule has 118 valence electrons. The first-order chi connectivity index (χ1) is 9.87. The maximum absolute atomic E-state index is 13.8. The van der Waals surface area contributed by atoms with Crippen molar-refractivity contribution in [1.29, 1.82) is 0 Å². The van der Waals surface area contributed by atoms with E-state index in [1.165, 1.54) is 24.5 Å². The van der Waals surface area contributed by atoms with Gasteiger partial charge in [0, 0.05) is 31.0 Å². The van der Waals surface area contributed by atoms with Gasteiger partial charge in [-0.3, -0.25) is 4.90 Å². The van der Waals surface area contributed by atoms with Crippen LogP contribution in [0.25, 0.3) is 0 Å². The van der Waals surface area contributed by atoms with E-state index in [0.717, 1.165) is 25.7 Å². The van der Waals surface area contributed by atoms with Gasteiger partial charge in [0.15, 0.2) is 0 Å². The highest BCUT2D eigenvalue weighted by molar-refractivity contribution is 7.90. The molecular weight excluding hydrogens is 296 g/mol. The van der Waals surface area contributed by atoms with E-state index in [4.69, 9.17) is 0 Å². The molecule has 0 heterocycles. The zero-order valence-electron chi connectivity index (χ0n) is 12.2. The summed E-state index contributed by atoms with van der Waals surface area (Å²) in [6.07, 6.45) is 5.27. The molecule has 6 heteroatoms. The zero-order valence-corrected chi connectivity index (χ0v) is 13.0. The lowest BCUT2D eigenvalue weighted by molar-refractivity contribution is 0.196. The van der Waals surface area contributed by atoms with Crippen LogP contribution in [0.4, 0.5) is 8.78 Å². The van der Waals surface area contributed by atoms with Crippen molar-refractivity contribution in [3.63, 3.8) is 0 Å². The van der Waals surface area contributed by atoms with E-state index in [0.29, 0.717) is 6.54 Å². The Bertz CT molecular complexity index is 563. The first-order valence-electron chi connectivity index (χ1n) is 7.21. The van der Waals surface area contributed by atoms with Gasteiger partial charge in [-0.1, -0.05) is 18.9 Å². The summed E-state index contributed by atoms with van der Waals surface area (Å²) in [6, 6.07) is 4.03. The average Bonchev–Trinajstić information content (AvgIpc) is 2.90. The Morgan fingerprint density at radius 1 is 1.19 bits per heavy atom. The SMILES string of the molecule is CS(=O)(=O)CCN(Cc1c(F)cccc1F)C1CCCC1. The van der Waals surface area contributed by atoms with E-state index < -0.39 is 21.5 Å². The van der Waals surface area contributed by atoms with Crippen molar-refractivity contribution in [2.45, 2.75) is 38.3 Å². The van der Waals surface area contributed by atoms with E-state index >= 15 is 0 Å². The maximum atomic E-state index is 13.8. The predicted molar refractivity (Wildman–Crippen MR) is 78.7 cm³/mol. The van der Waals surface area contributed by atoms with Crippen molar-refractivity contribution in [3.05, 3.63) is 35.4 Å². The lowest BCUT2D eigenvalue weighted by Crippen LogP contribution is -2.37. The normalized spacial score (nSPS) is 16.8. The van der Waals surface area contributed by atoms with Crippen LogP contribution >= 0.6 is 0 Å². The monoisotopic (exact) mass is 317 g/mol. The lowest BCUT2D eigenvalue weighted by Gasteiger charge is -2.28. The number of hydrogen-bond acceptors (Lipinski definition) is 3. The van der Waals surface area contributed by atoms with E-state index in [-0.39, 0.29) is 23.9 Å². The van der Waals surface area contributed by atoms with Crippen LogP contribution in [-0.4, -0.2) is 37.9 Å². The van der Waals surface area contributed by atoms with Crippen molar-refractivity contribution in [2.75, 3.05) is 18.6 Å². The van der Waals surface area contributed by atoms with Crippen molar-refractivity contribution >= 4 is 9.84 Å². The van der Waals surface area contributed by atoms with Crippen LogP contribution in [0.3, 0.4) is 0 Å². The second-order valence-electron chi connectivity index (χ2n) is 5.74. The van der Waals surface area contributed by atoms with Crippen molar-refractivity contribution in [1.82, 2.24) is 4.90 Å². The van der Waals surface area contributed by atoms with Crippen LogP contribution in [0.15, 0.2) is 18.2 Å². The fraction of sp³-hybridized carbons (Fsp3) is 0.600. The number of halogens is 2. The van der Waals surface area contributed by atoms with Crippen molar-refractivity contribution < 1.29 is 17.2 Å². The minimum Gasteiger partial charge on any atom is -0.295 e. The van der Waals surface area contributed by atoms with Gasteiger partial charge in [0.25, 0.3) is 0 Å². The fourth-order valence-corrected chi connectivity index (χ4v) is 3.40. The number of hydrogen-bond donors (Lipinski definition) is 0. The maximum Gasteiger partial charge on any atom is 0.148 e. The quantitative estimate of drug-likeness (QED) is 0.809. The average molecular weight is 317 g/mol. The third-order valence-electron chi connectivity index (χ3n) is 4.01. The molecular formula is C15H21F2NO2S. The van der Waals surface area contributed by atoms with Crippen LogP contribution in [-0.2, 0) is 16.4 Å². The summed E-state index contributed by atoms with van der Waals surface area (Å²) >= 11 is 0. The van der Waals surface area contributed by atoms with Crippen LogP contribution in [0, 0.1) is 11.6 Å². The molecule has 0 amide bonds. The standard InChI is InChI=1S/C15H21F2NO2S/c1-21(19,20)10-9-18(12-5-2-3-6-12)11-13-14(16)7-4-8-15(13)17/h4,7-8,12H,2-3,5-6,9-11H2,1H3. The molecule has 1 aliphatic rings. The summed E-state index contributed by atoms with van der Waals surface area (Å²) in [5, 5.41) is 0. The molecule has 1 saturated carbocycles. The third kappa shape index (κ3) is 4.74. The molecule has 0 radical (unpaired) electrons.